The number of hydrogen-bond donors (Lipinski definition) is 1. The monoisotopic (exact) mass is 275 g/mol. The Morgan fingerprint density at radius 1 is 1.26 bits per heavy atom. The van der Waals surface area contributed by atoms with Gasteiger partial charge in [-0.1, -0.05) is 0 Å². The smallest absolute Gasteiger partial charge is 0.257 e. The van der Waals surface area contributed by atoms with Gasteiger partial charge < -0.3 is 10.0 Å². The van der Waals surface area contributed by atoms with E-state index in [2.05, 4.69) is 0 Å². The fourth-order valence-electron chi connectivity index (χ4n) is 1.68. The van der Waals surface area contributed by atoms with Crippen LogP contribution in [0.4, 0.5) is 13.2 Å². The van der Waals surface area contributed by atoms with Gasteiger partial charge in [0.1, 0.15) is 0 Å². The minimum atomic E-state index is -1.66. The van der Waals surface area contributed by atoms with Crippen LogP contribution in [0, 0.1) is 17.5 Å². The number of benzene rings is 1. The van der Waals surface area contributed by atoms with Gasteiger partial charge in [-0.25, -0.2) is 13.2 Å². The highest BCUT2D eigenvalue weighted by atomic mass is 19.2. The molecule has 0 aromatic heterocycles. The summed E-state index contributed by atoms with van der Waals surface area (Å²) in [6.07, 6.45) is 0.329. The highest BCUT2D eigenvalue weighted by Gasteiger charge is 2.24. The van der Waals surface area contributed by atoms with Crippen LogP contribution in [0.3, 0.4) is 0 Å². The summed E-state index contributed by atoms with van der Waals surface area (Å²) in [6, 6.07) is 1.40. The molecule has 1 rings (SSSR count). The van der Waals surface area contributed by atoms with E-state index in [1.807, 2.05) is 0 Å². The van der Waals surface area contributed by atoms with Crippen LogP contribution in [0.1, 0.15) is 30.6 Å². The molecular formula is C13H16F3NO2. The Balaban J connectivity index is 3.06. The van der Waals surface area contributed by atoms with Gasteiger partial charge in [0.15, 0.2) is 17.5 Å². The molecule has 0 atom stereocenters. The van der Waals surface area contributed by atoms with Gasteiger partial charge in [0.2, 0.25) is 0 Å². The van der Waals surface area contributed by atoms with E-state index in [4.69, 9.17) is 5.11 Å². The molecule has 0 radical (unpaired) electrons. The number of nitrogens with zero attached hydrogens (tertiary/aromatic N) is 1. The number of amides is 1. The molecule has 19 heavy (non-hydrogen) atoms. The largest absolute Gasteiger partial charge is 0.396 e. The summed E-state index contributed by atoms with van der Waals surface area (Å²) in [5, 5.41) is 8.76. The van der Waals surface area contributed by atoms with Crippen molar-refractivity contribution < 1.29 is 23.1 Å². The first-order chi connectivity index (χ1) is 8.90. The van der Waals surface area contributed by atoms with Crippen LogP contribution in [0.15, 0.2) is 12.1 Å². The fourth-order valence-corrected chi connectivity index (χ4v) is 1.68. The Labute approximate surface area is 109 Å². The van der Waals surface area contributed by atoms with Gasteiger partial charge in [0, 0.05) is 19.2 Å². The van der Waals surface area contributed by atoms with Crippen molar-refractivity contribution in [1.29, 1.82) is 0 Å². The minimum Gasteiger partial charge on any atom is -0.396 e. The van der Waals surface area contributed by atoms with E-state index in [9.17, 15) is 18.0 Å². The second kappa shape index (κ2) is 6.56. The second-order valence-corrected chi connectivity index (χ2v) is 4.39. The first-order valence-electron chi connectivity index (χ1n) is 5.95. The third-order valence-electron chi connectivity index (χ3n) is 2.71. The zero-order valence-electron chi connectivity index (χ0n) is 10.8. The topological polar surface area (TPSA) is 40.5 Å². The lowest BCUT2D eigenvalue weighted by molar-refractivity contribution is 0.0687. The molecule has 0 heterocycles. The molecule has 0 bridgehead atoms. The molecule has 0 aliphatic rings. The van der Waals surface area contributed by atoms with Crippen LogP contribution in [-0.2, 0) is 0 Å². The van der Waals surface area contributed by atoms with Crippen molar-refractivity contribution in [2.75, 3.05) is 13.2 Å². The predicted molar refractivity (Wildman–Crippen MR) is 64.2 cm³/mol. The third kappa shape index (κ3) is 3.47. The minimum absolute atomic E-state index is 0.114. The van der Waals surface area contributed by atoms with E-state index in [1.54, 1.807) is 13.8 Å². The van der Waals surface area contributed by atoms with Gasteiger partial charge in [-0.2, -0.15) is 0 Å². The molecule has 6 heteroatoms. The molecule has 0 saturated heterocycles. The Hall–Kier alpha value is -1.56. The molecule has 3 nitrogen and oxygen atoms in total. The fraction of sp³-hybridized carbons (Fsp3) is 0.462. The van der Waals surface area contributed by atoms with Crippen LogP contribution in [0.5, 0.6) is 0 Å². The normalized spacial score (nSPS) is 10.9. The van der Waals surface area contributed by atoms with Gasteiger partial charge in [-0.15, -0.1) is 0 Å². The Morgan fingerprint density at radius 2 is 1.89 bits per heavy atom. The molecule has 0 aliphatic heterocycles. The molecule has 0 fully saturated rings. The quantitative estimate of drug-likeness (QED) is 0.838. The molecule has 1 amide bonds. The van der Waals surface area contributed by atoms with E-state index < -0.39 is 28.9 Å². The van der Waals surface area contributed by atoms with Crippen molar-refractivity contribution in [2.45, 2.75) is 26.3 Å². The second-order valence-electron chi connectivity index (χ2n) is 4.39. The lowest BCUT2D eigenvalue weighted by Gasteiger charge is -2.26. The van der Waals surface area contributed by atoms with Crippen LogP contribution in [0.2, 0.25) is 0 Å². The summed E-state index contributed by atoms with van der Waals surface area (Å²) < 4.78 is 39.5. The van der Waals surface area contributed by atoms with Gasteiger partial charge in [-0.3, -0.25) is 4.79 Å². The van der Waals surface area contributed by atoms with Crippen LogP contribution in [0.25, 0.3) is 0 Å². The summed E-state index contributed by atoms with van der Waals surface area (Å²) in [4.78, 5) is 13.4. The maximum Gasteiger partial charge on any atom is 0.257 e. The van der Waals surface area contributed by atoms with Crippen molar-refractivity contribution in [3.05, 3.63) is 35.1 Å². The molecule has 0 saturated carbocycles. The van der Waals surface area contributed by atoms with Crippen molar-refractivity contribution >= 4 is 5.91 Å². The van der Waals surface area contributed by atoms with E-state index >= 15 is 0 Å². The molecular weight excluding hydrogens is 259 g/mol. The molecule has 1 N–H and O–H groups in total. The first-order valence-corrected chi connectivity index (χ1v) is 5.95. The van der Waals surface area contributed by atoms with Gasteiger partial charge in [0.25, 0.3) is 5.91 Å². The zero-order valence-corrected chi connectivity index (χ0v) is 10.8. The molecule has 1 aromatic rings. The van der Waals surface area contributed by atoms with E-state index in [0.29, 0.717) is 6.42 Å². The molecule has 0 spiro atoms. The molecule has 0 unspecified atom stereocenters. The van der Waals surface area contributed by atoms with Gasteiger partial charge in [-0.05, 0) is 32.4 Å². The number of aliphatic hydroxyl groups is 1. The van der Waals surface area contributed by atoms with Gasteiger partial charge in [0.05, 0.1) is 5.56 Å². The maximum absolute atomic E-state index is 13.5. The molecule has 0 aliphatic carbocycles. The summed E-state index contributed by atoms with van der Waals surface area (Å²) in [6.45, 7) is 3.53. The maximum atomic E-state index is 13.5. The summed E-state index contributed by atoms with van der Waals surface area (Å²) >= 11 is 0. The predicted octanol–water partition coefficient (Wildman–Crippen LogP) is 2.34. The van der Waals surface area contributed by atoms with E-state index in [0.717, 1.165) is 12.1 Å². The lowest BCUT2D eigenvalue weighted by atomic mass is 10.1. The number of aliphatic hydroxyl groups excluding tert-OH is 1. The van der Waals surface area contributed by atoms with Crippen molar-refractivity contribution in [3.63, 3.8) is 0 Å². The van der Waals surface area contributed by atoms with Crippen LogP contribution >= 0.6 is 0 Å². The Bertz CT molecular complexity index is 463. The average molecular weight is 275 g/mol. The van der Waals surface area contributed by atoms with Crippen LogP contribution < -0.4 is 0 Å². The van der Waals surface area contributed by atoms with Crippen molar-refractivity contribution in [3.8, 4) is 0 Å². The standard InChI is InChI=1S/C13H16F3NO2/c1-8(2)17(6-3-7-18)13(19)9-4-5-10(14)12(16)11(9)15/h4-5,8,18H,3,6-7H2,1-2H3. The number of carbonyl (C=O) groups is 1. The summed E-state index contributed by atoms with van der Waals surface area (Å²) in [7, 11) is 0. The van der Waals surface area contributed by atoms with E-state index in [-0.39, 0.29) is 19.2 Å². The summed E-state index contributed by atoms with van der Waals surface area (Å²) in [5.41, 5.74) is -0.509. The number of rotatable bonds is 5. The SMILES string of the molecule is CC(C)N(CCCO)C(=O)c1ccc(F)c(F)c1F. The average Bonchev–Trinajstić information content (AvgIpc) is 2.36. The van der Waals surface area contributed by atoms with Crippen molar-refractivity contribution in [2.24, 2.45) is 0 Å². The van der Waals surface area contributed by atoms with Crippen LogP contribution in [-0.4, -0.2) is 35.1 Å². The summed E-state index contributed by atoms with van der Waals surface area (Å²) in [5.74, 6) is -5.20. The first kappa shape index (κ1) is 15.5. The number of halogens is 3. The zero-order chi connectivity index (χ0) is 14.6. The Kier molecular flexibility index (Phi) is 5.35. The van der Waals surface area contributed by atoms with Crippen molar-refractivity contribution in [1.82, 2.24) is 4.90 Å². The highest BCUT2D eigenvalue weighted by molar-refractivity contribution is 5.94. The number of hydrogen-bond acceptors (Lipinski definition) is 2. The molecule has 106 valence electrons. The van der Waals surface area contributed by atoms with Gasteiger partial charge >= 0.3 is 0 Å². The third-order valence-corrected chi connectivity index (χ3v) is 2.71. The number of carbonyl (C=O) groups excluding carboxylic acids is 1. The lowest BCUT2D eigenvalue weighted by Crippen LogP contribution is -2.38. The highest BCUT2D eigenvalue weighted by Crippen LogP contribution is 2.18. The Morgan fingerprint density at radius 3 is 2.42 bits per heavy atom. The van der Waals surface area contributed by atoms with E-state index in [1.165, 1.54) is 4.90 Å². The molecule has 1 aromatic carbocycles.